The molecule has 0 amide bonds. The molecule has 0 aromatic heterocycles. The van der Waals surface area contributed by atoms with E-state index in [4.69, 9.17) is 4.74 Å². The second kappa shape index (κ2) is 18.7. The molecule has 14 heavy (non-hydrogen) atoms. The zero-order valence-electron chi connectivity index (χ0n) is 10.6. The number of nitrogens with one attached hydrogen (secondary N) is 1. The van der Waals surface area contributed by atoms with Crippen molar-refractivity contribution in [1.82, 2.24) is 5.32 Å². The van der Waals surface area contributed by atoms with Gasteiger partial charge < -0.3 is 10.1 Å². The second-order valence-electron chi connectivity index (χ2n) is 3.03. The standard InChI is InChI=1S/C10H23NO.C2H6/c1-3-5-6-9-12-10-7-8-11-4-2;1-2/h11H,3-10H2,1-2H3;1-2H3. The molecule has 0 aliphatic heterocycles. The quantitative estimate of drug-likeness (QED) is 0.581. The third-order valence-electron chi connectivity index (χ3n) is 1.78. The highest BCUT2D eigenvalue weighted by molar-refractivity contribution is 4.43. The van der Waals surface area contributed by atoms with Gasteiger partial charge in [-0.2, -0.15) is 0 Å². The van der Waals surface area contributed by atoms with Gasteiger partial charge in [-0.05, 0) is 25.9 Å². The van der Waals surface area contributed by atoms with Crippen LogP contribution >= 0.6 is 0 Å². The van der Waals surface area contributed by atoms with E-state index in [-0.39, 0.29) is 0 Å². The molecule has 0 fully saturated rings. The first-order chi connectivity index (χ1) is 6.91. The van der Waals surface area contributed by atoms with Crippen molar-refractivity contribution in [2.75, 3.05) is 26.3 Å². The Labute approximate surface area is 90.4 Å². The summed E-state index contributed by atoms with van der Waals surface area (Å²) in [4.78, 5) is 0. The van der Waals surface area contributed by atoms with Gasteiger partial charge in [-0.25, -0.2) is 0 Å². The van der Waals surface area contributed by atoms with Crippen molar-refractivity contribution < 1.29 is 4.74 Å². The van der Waals surface area contributed by atoms with Crippen molar-refractivity contribution in [1.29, 1.82) is 0 Å². The molecular formula is C12H29NO. The van der Waals surface area contributed by atoms with Crippen LogP contribution in [0.3, 0.4) is 0 Å². The summed E-state index contributed by atoms with van der Waals surface area (Å²) in [5, 5.41) is 3.27. The number of hydrogen-bond donors (Lipinski definition) is 1. The van der Waals surface area contributed by atoms with E-state index in [0.717, 1.165) is 32.7 Å². The van der Waals surface area contributed by atoms with E-state index < -0.39 is 0 Å². The summed E-state index contributed by atoms with van der Waals surface area (Å²) in [5.41, 5.74) is 0. The van der Waals surface area contributed by atoms with Gasteiger partial charge in [-0.1, -0.05) is 40.5 Å². The number of ether oxygens (including phenoxy) is 1. The Morgan fingerprint density at radius 2 is 1.57 bits per heavy atom. The zero-order chi connectivity index (χ0) is 11.1. The molecule has 0 unspecified atom stereocenters. The third-order valence-corrected chi connectivity index (χ3v) is 1.78. The molecular weight excluding hydrogens is 174 g/mol. The van der Waals surface area contributed by atoms with Crippen LogP contribution in [0.2, 0.25) is 0 Å². The van der Waals surface area contributed by atoms with Gasteiger partial charge in [0.15, 0.2) is 0 Å². The minimum Gasteiger partial charge on any atom is -0.381 e. The second-order valence-corrected chi connectivity index (χ2v) is 3.03. The molecule has 0 radical (unpaired) electrons. The highest BCUT2D eigenvalue weighted by Crippen LogP contribution is 1.94. The van der Waals surface area contributed by atoms with Crippen LogP contribution in [0.15, 0.2) is 0 Å². The van der Waals surface area contributed by atoms with Gasteiger partial charge in [-0.3, -0.25) is 0 Å². The molecule has 2 heteroatoms. The van der Waals surface area contributed by atoms with E-state index in [9.17, 15) is 0 Å². The summed E-state index contributed by atoms with van der Waals surface area (Å²) in [5.74, 6) is 0. The topological polar surface area (TPSA) is 21.3 Å². The van der Waals surface area contributed by atoms with Gasteiger partial charge >= 0.3 is 0 Å². The van der Waals surface area contributed by atoms with Crippen LogP contribution in [0.4, 0.5) is 0 Å². The first-order valence-corrected chi connectivity index (χ1v) is 6.20. The molecule has 88 valence electrons. The van der Waals surface area contributed by atoms with Gasteiger partial charge in [0, 0.05) is 13.2 Å². The third kappa shape index (κ3) is 17.9. The molecule has 1 N–H and O–H groups in total. The Balaban J connectivity index is 0. The van der Waals surface area contributed by atoms with Crippen molar-refractivity contribution in [2.24, 2.45) is 0 Å². The summed E-state index contributed by atoms with van der Waals surface area (Å²) in [6, 6.07) is 0. The van der Waals surface area contributed by atoms with Crippen LogP contribution in [-0.2, 0) is 4.74 Å². The Kier molecular flexibility index (Phi) is 21.8. The fraction of sp³-hybridized carbons (Fsp3) is 1.00. The summed E-state index contributed by atoms with van der Waals surface area (Å²) in [6.07, 6.45) is 4.94. The fourth-order valence-electron chi connectivity index (χ4n) is 1.03. The molecule has 0 aliphatic carbocycles. The largest absolute Gasteiger partial charge is 0.381 e. The highest BCUT2D eigenvalue weighted by atomic mass is 16.5. The normalized spacial score (nSPS) is 9.43. The van der Waals surface area contributed by atoms with Gasteiger partial charge in [0.2, 0.25) is 0 Å². The van der Waals surface area contributed by atoms with Gasteiger partial charge in [0.1, 0.15) is 0 Å². The summed E-state index contributed by atoms with van der Waals surface area (Å²) >= 11 is 0. The van der Waals surface area contributed by atoms with Crippen molar-refractivity contribution in [2.45, 2.75) is 53.4 Å². The predicted octanol–water partition coefficient (Wildman–Crippen LogP) is 3.22. The van der Waals surface area contributed by atoms with Crippen LogP contribution in [0.5, 0.6) is 0 Å². The number of hydrogen-bond acceptors (Lipinski definition) is 2. The van der Waals surface area contributed by atoms with E-state index in [1.165, 1.54) is 19.3 Å². The average molecular weight is 203 g/mol. The molecule has 0 aliphatic rings. The highest BCUT2D eigenvalue weighted by Gasteiger charge is 1.88. The summed E-state index contributed by atoms with van der Waals surface area (Å²) < 4.78 is 5.44. The van der Waals surface area contributed by atoms with Crippen molar-refractivity contribution in [3.8, 4) is 0 Å². The Morgan fingerprint density at radius 1 is 0.929 bits per heavy atom. The first-order valence-electron chi connectivity index (χ1n) is 6.20. The van der Waals surface area contributed by atoms with Crippen LogP contribution < -0.4 is 5.32 Å². The molecule has 0 bridgehead atoms. The van der Waals surface area contributed by atoms with Crippen molar-refractivity contribution in [3.63, 3.8) is 0 Å². The molecule has 0 aromatic carbocycles. The first kappa shape index (κ1) is 16.4. The fourth-order valence-corrected chi connectivity index (χ4v) is 1.03. The Hall–Kier alpha value is -0.0800. The smallest absolute Gasteiger partial charge is 0.0478 e. The van der Waals surface area contributed by atoms with Gasteiger partial charge in [0.05, 0.1) is 0 Å². The number of unbranched alkanes of at least 4 members (excludes halogenated alkanes) is 2. The maximum absolute atomic E-state index is 5.44. The van der Waals surface area contributed by atoms with Crippen molar-refractivity contribution in [3.05, 3.63) is 0 Å². The molecule has 0 aromatic rings. The zero-order valence-corrected chi connectivity index (χ0v) is 10.6. The monoisotopic (exact) mass is 203 g/mol. The molecule has 2 nitrogen and oxygen atoms in total. The summed E-state index contributed by atoms with van der Waals surface area (Å²) in [7, 11) is 0. The van der Waals surface area contributed by atoms with Crippen molar-refractivity contribution >= 4 is 0 Å². The van der Waals surface area contributed by atoms with E-state index >= 15 is 0 Å². The molecule has 0 spiro atoms. The van der Waals surface area contributed by atoms with E-state index in [0.29, 0.717) is 0 Å². The predicted molar refractivity (Wildman–Crippen MR) is 64.9 cm³/mol. The van der Waals surface area contributed by atoms with Crippen LogP contribution in [0.1, 0.15) is 53.4 Å². The molecule has 0 rings (SSSR count). The lowest BCUT2D eigenvalue weighted by Crippen LogP contribution is -2.15. The molecule has 0 saturated carbocycles. The van der Waals surface area contributed by atoms with Gasteiger partial charge in [0.25, 0.3) is 0 Å². The van der Waals surface area contributed by atoms with Gasteiger partial charge in [-0.15, -0.1) is 0 Å². The maximum Gasteiger partial charge on any atom is 0.0478 e. The molecule has 0 saturated heterocycles. The van der Waals surface area contributed by atoms with Crippen LogP contribution in [0.25, 0.3) is 0 Å². The maximum atomic E-state index is 5.44. The lowest BCUT2D eigenvalue weighted by atomic mass is 10.3. The van der Waals surface area contributed by atoms with E-state index in [1.54, 1.807) is 0 Å². The molecule has 0 heterocycles. The number of rotatable bonds is 9. The summed E-state index contributed by atoms with van der Waals surface area (Å²) in [6.45, 7) is 12.4. The Morgan fingerprint density at radius 3 is 2.14 bits per heavy atom. The van der Waals surface area contributed by atoms with Crippen LogP contribution in [-0.4, -0.2) is 26.3 Å². The lowest BCUT2D eigenvalue weighted by Gasteiger charge is -2.03. The van der Waals surface area contributed by atoms with E-state index in [1.807, 2.05) is 13.8 Å². The van der Waals surface area contributed by atoms with Crippen LogP contribution in [0, 0.1) is 0 Å². The minimum absolute atomic E-state index is 0.913. The SMILES string of the molecule is CC.CCCCCOCCCNCC. The lowest BCUT2D eigenvalue weighted by molar-refractivity contribution is 0.128. The Bertz CT molecular complexity index is 66.7. The molecule has 0 atom stereocenters. The average Bonchev–Trinajstić information content (AvgIpc) is 2.25. The minimum atomic E-state index is 0.913. The van der Waals surface area contributed by atoms with E-state index in [2.05, 4.69) is 19.2 Å².